The zero-order chi connectivity index (χ0) is 28.6. The number of aromatic nitrogens is 2. The number of fused-ring (bicyclic) bond motifs is 1. The number of carbonyl (C=O) groups excluding carboxylic acids is 2. The molecule has 1 aromatic heterocycles. The Hall–Kier alpha value is -3.84. The van der Waals surface area contributed by atoms with Gasteiger partial charge < -0.3 is 20.4 Å². The molecule has 2 aromatic rings. The van der Waals surface area contributed by atoms with Crippen LogP contribution in [0.5, 0.6) is 0 Å². The second-order valence-electron chi connectivity index (χ2n) is 10.3. The quantitative estimate of drug-likeness (QED) is 0.491. The fourth-order valence-corrected chi connectivity index (χ4v) is 5.76. The Morgan fingerprint density at radius 3 is 2.55 bits per heavy atom. The minimum absolute atomic E-state index is 0.0414. The summed E-state index contributed by atoms with van der Waals surface area (Å²) in [4.78, 5) is 43.5. The van der Waals surface area contributed by atoms with Crippen LogP contribution in [0.3, 0.4) is 0 Å². The first-order chi connectivity index (χ1) is 19.0. The van der Waals surface area contributed by atoms with E-state index in [1.54, 1.807) is 4.57 Å². The molecule has 2 saturated heterocycles. The van der Waals surface area contributed by atoms with Gasteiger partial charge in [0.05, 0.1) is 5.69 Å². The first kappa shape index (κ1) is 27.7. The molecule has 2 atom stereocenters. The van der Waals surface area contributed by atoms with E-state index < -0.39 is 54.8 Å². The van der Waals surface area contributed by atoms with Crippen LogP contribution in [0.15, 0.2) is 29.1 Å². The summed E-state index contributed by atoms with van der Waals surface area (Å²) in [7, 11) is 0. The molecule has 4 heterocycles. The van der Waals surface area contributed by atoms with E-state index in [9.17, 15) is 36.3 Å². The number of carbonyl (C=O) groups is 2. The van der Waals surface area contributed by atoms with E-state index in [0.717, 1.165) is 11.8 Å². The third kappa shape index (κ3) is 5.70. The highest BCUT2D eigenvalue weighted by Gasteiger charge is 2.40. The molecule has 0 saturated carbocycles. The molecule has 9 nitrogen and oxygen atoms in total. The Balaban J connectivity index is 1.27. The van der Waals surface area contributed by atoms with Crippen molar-refractivity contribution in [1.29, 1.82) is 0 Å². The summed E-state index contributed by atoms with van der Waals surface area (Å²) in [6.07, 6.45) is -0.0151. The Morgan fingerprint density at radius 1 is 1.07 bits per heavy atom. The van der Waals surface area contributed by atoms with Crippen LogP contribution in [0, 0.1) is 11.6 Å². The normalized spacial score (nSPS) is 22.1. The lowest BCUT2D eigenvalue weighted by molar-refractivity contribution is -0.162. The van der Waals surface area contributed by atoms with Crippen molar-refractivity contribution < 1.29 is 31.5 Å². The van der Waals surface area contributed by atoms with Crippen molar-refractivity contribution in [3.05, 3.63) is 57.7 Å². The van der Waals surface area contributed by atoms with Gasteiger partial charge in [-0.15, -0.1) is 0 Å². The number of hydrogen-bond donors (Lipinski definition) is 3. The molecule has 216 valence electrons. The number of urea groups is 1. The molecule has 1 aromatic carbocycles. The molecule has 0 radical (unpaired) electrons. The van der Waals surface area contributed by atoms with Gasteiger partial charge in [0.15, 0.2) is 11.6 Å². The largest absolute Gasteiger partial charge is 0.406 e. The molecule has 0 unspecified atom stereocenters. The number of halogens is 5. The highest BCUT2D eigenvalue weighted by atomic mass is 19.4. The molecule has 3 amide bonds. The molecule has 14 heteroatoms. The van der Waals surface area contributed by atoms with E-state index in [1.165, 1.54) is 17.0 Å². The van der Waals surface area contributed by atoms with Gasteiger partial charge in [-0.25, -0.2) is 18.4 Å². The SMILES string of the molecule is O=C(N[C@@H]1CC[C@@H](c2cccc(F)c2F)CN(CC(F)(F)F)C1=O)N1CCC(n2c3c([nH]c2=O)NCC=C3)CC1. The standard InChI is InChI=1S/C26H29F5N6O3/c27-18-4-1-3-17(21(18)28)15-6-7-19(23(38)36(13-15)14-26(29,30)31)33-24(39)35-11-8-16(9-12-35)37-20-5-2-10-32-22(20)34-25(37)40/h1-5,15-16,19,32H,6-14H2,(H,33,39)(H,34,40)/t15-,19-/m1/s1. The van der Waals surface area contributed by atoms with Crippen LogP contribution in [-0.4, -0.2) is 76.2 Å². The molecule has 5 rings (SSSR count). The fourth-order valence-electron chi connectivity index (χ4n) is 5.76. The van der Waals surface area contributed by atoms with Crippen molar-refractivity contribution in [3.8, 4) is 0 Å². The van der Waals surface area contributed by atoms with Crippen molar-refractivity contribution >= 4 is 23.8 Å². The summed E-state index contributed by atoms with van der Waals surface area (Å²) in [6.45, 7) is -0.899. The number of piperidine rings is 1. The van der Waals surface area contributed by atoms with Crippen molar-refractivity contribution in [2.75, 3.05) is 38.0 Å². The van der Waals surface area contributed by atoms with Gasteiger partial charge in [0.2, 0.25) is 5.91 Å². The number of benzene rings is 1. The first-order valence-corrected chi connectivity index (χ1v) is 13.1. The minimum atomic E-state index is -4.72. The predicted molar refractivity (Wildman–Crippen MR) is 136 cm³/mol. The Bertz CT molecular complexity index is 1360. The van der Waals surface area contributed by atoms with Gasteiger partial charge in [-0.2, -0.15) is 13.2 Å². The highest BCUT2D eigenvalue weighted by molar-refractivity contribution is 5.87. The summed E-state index contributed by atoms with van der Waals surface area (Å²) in [5.74, 6) is -3.46. The summed E-state index contributed by atoms with van der Waals surface area (Å²) in [5.41, 5.74) is 0.364. The number of nitrogens with one attached hydrogen (secondary N) is 3. The number of alkyl halides is 3. The van der Waals surface area contributed by atoms with Gasteiger partial charge in [0.1, 0.15) is 18.4 Å². The van der Waals surface area contributed by atoms with Crippen molar-refractivity contribution in [1.82, 2.24) is 24.7 Å². The van der Waals surface area contributed by atoms with E-state index >= 15 is 0 Å². The summed E-state index contributed by atoms with van der Waals surface area (Å²) in [5, 5.41) is 5.67. The molecule has 40 heavy (non-hydrogen) atoms. The van der Waals surface area contributed by atoms with Crippen LogP contribution in [0.4, 0.5) is 32.6 Å². The second kappa shape index (κ2) is 11.0. The maximum Gasteiger partial charge on any atom is 0.406 e. The predicted octanol–water partition coefficient (Wildman–Crippen LogP) is 3.58. The Morgan fingerprint density at radius 2 is 1.82 bits per heavy atom. The first-order valence-electron chi connectivity index (χ1n) is 13.1. The maximum atomic E-state index is 14.5. The highest BCUT2D eigenvalue weighted by Crippen LogP contribution is 2.32. The van der Waals surface area contributed by atoms with E-state index in [1.807, 2.05) is 12.2 Å². The Labute approximate surface area is 226 Å². The molecule has 3 aliphatic rings. The van der Waals surface area contributed by atoms with Crippen molar-refractivity contribution in [2.45, 2.75) is 49.9 Å². The third-order valence-electron chi connectivity index (χ3n) is 7.70. The molecule has 3 N–H and O–H groups in total. The van der Waals surface area contributed by atoms with Crippen LogP contribution in [0.1, 0.15) is 48.9 Å². The number of likely N-dealkylation sites (tertiary alicyclic amines) is 2. The molecule has 0 aliphatic carbocycles. The van der Waals surface area contributed by atoms with E-state index in [2.05, 4.69) is 15.6 Å². The van der Waals surface area contributed by atoms with Crippen molar-refractivity contribution in [2.24, 2.45) is 0 Å². The van der Waals surface area contributed by atoms with Gasteiger partial charge >= 0.3 is 17.9 Å². The molecule has 2 fully saturated rings. The van der Waals surface area contributed by atoms with Gasteiger partial charge in [0.25, 0.3) is 0 Å². The molecule has 3 aliphatic heterocycles. The summed E-state index contributed by atoms with van der Waals surface area (Å²) >= 11 is 0. The number of nitrogens with zero attached hydrogens (tertiary/aromatic N) is 3. The van der Waals surface area contributed by atoms with Crippen LogP contribution in [-0.2, 0) is 4.79 Å². The zero-order valence-corrected chi connectivity index (χ0v) is 21.4. The number of H-pyrrole nitrogens is 1. The van der Waals surface area contributed by atoms with Gasteiger partial charge in [-0.3, -0.25) is 14.3 Å². The minimum Gasteiger partial charge on any atom is -0.366 e. The number of anilines is 1. The van der Waals surface area contributed by atoms with Crippen LogP contribution in [0.25, 0.3) is 6.08 Å². The van der Waals surface area contributed by atoms with E-state index in [-0.39, 0.29) is 43.2 Å². The third-order valence-corrected chi connectivity index (χ3v) is 7.70. The fraction of sp³-hybridized carbons (Fsp3) is 0.500. The van der Waals surface area contributed by atoms with E-state index in [4.69, 9.17) is 0 Å². The van der Waals surface area contributed by atoms with Crippen LogP contribution < -0.4 is 16.3 Å². The number of aromatic amines is 1. The van der Waals surface area contributed by atoms with Crippen LogP contribution in [0.2, 0.25) is 0 Å². The van der Waals surface area contributed by atoms with Gasteiger partial charge in [0, 0.05) is 38.1 Å². The summed E-state index contributed by atoms with van der Waals surface area (Å²) < 4.78 is 69.9. The lowest BCUT2D eigenvalue weighted by atomic mass is 9.93. The molecular weight excluding hydrogens is 539 g/mol. The number of hydrogen-bond acceptors (Lipinski definition) is 4. The summed E-state index contributed by atoms with van der Waals surface area (Å²) in [6, 6.07) is 1.44. The number of imidazole rings is 1. The molecular formula is C26H29F5N6O3. The molecule has 0 spiro atoms. The Kier molecular flexibility index (Phi) is 7.60. The topological polar surface area (TPSA) is 102 Å². The lowest BCUT2D eigenvalue weighted by Crippen LogP contribution is -2.54. The second-order valence-corrected chi connectivity index (χ2v) is 10.3. The number of rotatable bonds is 4. The molecule has 0 bridgehead atoms. The average molecular weight is 569 g/mol. The number of amides is 3. The lowest BCUT2D eigenvalue weighted by Gasteiger charge is -2.34. The maximum absolute atomic E-state index is 14.5. The van der Waals surface area contributed by atoms with Crippen LogP contribution >= 0.6 is 0 Å². The zero-order valence-electron chi connectivity index (χ0n) is 21.4. The van der Waals surface area contributed by atoms with Gasteiger partial charge in [-0.05, 0) is 43.4 Å². The average Bonchev–Trinajstić information content (AvgIpc) is 3.18. The smallest absolute Gasteiger partial charge is 0.366 e. The van der Waals surface area contributed by atoms with Crippen molar-refractivity contribution in [3.63, 3.8) is 0 Å². The van der Waals surface area contributed by atoms with Gasteiger partial charge in [-0.1, -0.05) is 18.2 Å². The van der Waals surface area contributed by atoms with E-state index in [0.29, 0.717) is 30.1 Å². The monoisotopic (exact) mass is 568 g/mol.